The number of nitrogens with one attached hydrogen (secondary N) is 1. The molecule has 0 spiro atoms. The quantitative estimate of drug-likeness (QED) is 0.694. The number of fused-ring (bicyclic) bond motifs is 1. The predicted octanol–water partition coefficient (Wildman–Crippen LogP) is 5.41. The van der Waals surface area contributed by atoms with Crippen molar-refractivity contribution in [3.05, 3.63) is 65.4 Å². The zero-order chi connectivity index (χ0) is 15.5. The molecule has 0 aliphatic heterocycles. The highest BCUT2D eigenvalue weighted by Gasteiger charge is 2.09. The SMILES string of the molecule is CCc1cccc(CC)c1Nc1cccc2ccc(C)nc12. The lowest BCUT2D eigenvalue weighted by Crippen LogP contribution is -2.01. The topological polar surface area (TPSA) is 24.9 Å². The number of pyridine rings is 1. The van der Waals surface area contributed by atoms with Crippen molar-refractivity contribution in [2.75, 3.05) is 5.32 Å². The summed E-state index contributed by atoms with van der Waals surface area (Å²) in [6, 6.07) is 17.0. The van der Waals surface area contributed by atoms with Crippen molar-refractivity contribution in [2.45, 2.75) is 33.6 Å². The van der Waals surface area contributed by atoms with Gasteiger partial charge in [0.2, 0.25) is 0 Å². The van der Waals surface area contributed by atoms with Crippen LogP contribution in [0.2, 0.25) is 0 Å². The lowest BCUT2D eigenvalue weighted by Gasteiger charge is -2.16. The summed E-state index contributed by atoms with van der Waals surface area (Å²) < 4.78 is 0. The molecule has 2 aromatic carbocycles. The Kier molecular flexibility index (Phi) is 4.10. The Hall–Kier alpha value is -2.35. The second-order valence-electron chi connectivity index (χ2n) is 5.61. The summed E-state index contributed by atoms with van der Waals surface area (Å²) in [5, 5.41) is 4.82. The third kappa shape index (κ3) is 2.69. The molecule has 0 saturated heterocycles. The average Bonchev–Trinajstić information content (AvgIpc) is 2.55. The number of aromatic nitrogens is 1. The lowest BCUT2D eigenvalue weighted by molar-refractivity contribution is 1.09. The number of benzene rings is 2. The van der Waals surface area contributed by atoms with Gasteiger partial charge in [-0.15, -0.1) is 0 Å². The average molecular weight is 290 g/mol. The van der Waals surface area contributed by atoms with Gasteiger partial charge < -0.3 is 5.32 Å². The van der Waals surface area contributed by atoms with Crippen LogP contribution in [-0.4, -0.2) is 4.98 Å². The molecule has 3 aromatic rings. The zero-order valence-electron chi connectivity index (χ0n) is 13.5. The molecular formula is C20H22N2. The fourth-order valence-corrected chi connectivity index (χ4v) is 2.88. The van der Waals surface area contributed by atoms with E-state index in [9.17, 15) is 0 Å². The summed E-state index contributed by atoms with van der Waals surface area (Å²) in [4.78, 5) is 4.72. The number of rotatable bonds is 4. The maximum absolute atomic E-state index is 4.72. The number of para-hydroxylation sites is 2. The lowest BCUT2D eigenvalue weighted by atomic mass is 10.0. The third-order valence-electron chi connectivity index (χ3n) is 4.12. The molecule has 3 rings (SSSR count). The first-order valence-corrected chi connectivity index (χ1v) is 7.97. The Morgan fingerprint density at radius 1 is 0.864 bits per heavy atom. The Bertz CT molecular complexity index is 784. The van der Waals surface area contributed by atoms with Crippen LogP contribution in [0.1, 0.15) is 30.7 Å². The summed E-state index contributed by atoms with van der Waals surface area (Å²) in [6.07, 6.45) is 2.04. The maximum atomic E-state index is 4.72. The van der Waals surface area contributed by atoms with Crippen molar-refractivity contribution < 1.29 is 0 Å². The second kappa shape index (κ2) is 6.18. The molecule has 0 aliphatic carbocycles. The smallest absolute Gasteiger partial charge is 0.0939 e. The summed E-state index contributed by atoms with van der Waals surface area (Å²) in [7, 11) is 0. The van der Waals surface area contributed by atoms with E-state index in [0.29, 0.717) is 0 Å². The fourth-order valence-electron chi connectivity index (χ4n) is 2.88. The van der Waals surface area contributed by atoms with Crippen LogP contribution in [0.4, 0.5) is 11.4 Å². The van der Waals surface area contributed by atoms with Gasteiger partial charge in [0.05, 0.1) is 11.2 Å². The monoisotopic (exact) mass is 290 g/mol. The van der Waals surface area contributed by atoms with Crippen LogP contribution < -0.4 is 5.32 Å². The first kappa shape index (κ1) is 14.6. The normalized spacial score (nSPS) is 10.9. The molecule has 0 bridgehead atoms. The minimum Gasteiger partial charge on any atom is -0.353 e. The van der Waals surface area contributed by atoms with E-state index >= 15 is 0 Å². The third-order valence-corrected chi connectivity index (χ3v) is 4.12. The Morgan fingerprint density at radius 3 is 2.23 bits per heavy atom. The Labute approximate surface area is 132 Å². The van der Waals surface area contributed by atoms with Gasteiger partial charge in [-0.2, -0.15) is 0 Å². The minimum atomic E-state index is 1.02. The Balaban J connectivity index is 2.13. The molecule has 1 heterocycles. The Morgan fingerprint density at radius 2 is 1.55 bits per heavy atom. The van der Waals surface area contributed by atoms with Gasteiger partial charge in [-0.25, -0.2) is 0 Å². The number of hydrogen-bond donors (Lipinski definition) is 1. The predicted molar refractivity (Wildman–Crippen MR) is 95.0 cm³/mol. The molecule has 0 fully saturated rings. The number of anilines is 2. The molecule has 1 N–H and O–H groups in total. The highest BCUT2D eigenvalue weighted by atomic mass is 14.9. The summed E-state index contributed by atoms with van der Waals surface area (Å²) >= 11 is 0. The van der Waals surface area contributed by atoms with E-state index in [4.69, 9.17) is 4.98 Å². The van der Waals surface area contributed by atoms with Crippen LogP contribution in [-0.2, 0) is 12.8 Å². The molecule has 2 heteroatoms. The zero-order valence-corrected chi connectivity index (χ0v) is 13.5. The van der Waals surface area contributed by atoms with Gasteiger partial charge in [0, 0.05) is 16.8 Å². The first-order chi connectivity index (χ1) is 10.7. The van der Waals surface area contributed by atoms with Gasteiger partial charge in [-0.3, -0.25) is 4.98 Å². The van der Waals surface area contributed by atoms with E-state index in [1.165, 1.54) is 22.2 Å². The van der Waals surface area contributed by atoms with Crippen molar-refractivity contribution in [2.24, 2.45) is 0 Å². The van der Waals surface area contributed by atoms with Crippen LogP contribution >= 0.6 is 0 Å². The van der Waals surface area contributed by atoms with Crippen molar-refractivity contribution in [3.8, 4) is 0 Å². The van der Waals surface area contributed by atoms with Crippen LogP contribution in [0.3, 0.4) is 0 Å². The molecular weight excluding hydrogens is 268 g/mol. The molecule has 0 unspecified atom stereocenters. The van der Waals surface area contributed by atoms with Crippen molar-refractivity contribution in [3.63, 3.8) is 0 Å². The summed E-state index contributed by atoms with van der Waals surface area (Å²) in [5.74, 6) is 0. The van der Waals surface area contributed by atoms with Crippen molar-refractivity contribution >= 4 is 22.3 Å². The van der Waals surface area contributed by atoms with Crippen LogP contribution in [0.5, 0.6) is 0 Å². The molecule has 0 radical (unpaired) electrons. The number of aryl methyl sites for hydroxylation is 3. The molecule has 112 valence electrons. The first-order valence-electron chi connectivity index (χ1n) is 7.97. The van der Waals surface area contributed by atoms with Gasteiger partial charge in [-0.05, 0) is 43.0 Å². The van der Waals surface area contributed by atoms with E-state index in [1.807, 2.05) is 6.92 Å². The van der Waals surface area contributed by atoms with Gasteiger partial charge in [0.15, 0.2) is 0 Å². The van der Waals surface area contributed by atoms with Gasteiger partial charge in [0.25, 0.3) is 0 Å². The highest BCUT2D eigenvalue weighted by molar-refractivity contribution is 5.92. The van der Waals surface area contributed by atoms with Gasteiger partial charge >= 0.3 is 0 Å². The van der Waals surface area contributed by atoms with E-state index in [2.05, 4.69) is 67.7 Å². The second-order valence-corrected chi connectivity index (χ2v) is 5.61. The maximum Gasteiger partial charge on any atom is 0.0939 e. The van der Waals surface area contributed by atoms with E-state index in [-0.39, 0.29) is 0 Å². The minimum absolute atomic E-state index is 1.02. The fraction of sp³-hybridized carbons (Fsp3) is 0.250. The molecule has 0 saturated carbocycles. The van der Waals surface area contributed by atoms with Gasteiger partial charge in [-0.1, -0.05) is 50.2 Å². The van der Waals surface area contributed by atoms with Crippen molar-refractivity contribution in [1.29, 1.82) is 0 Å². The molecule has 0 amide bonds. The molecule has 0 atom stereocenters. The van der Waals surface area contributed by atoms with Crippen molar-refractivity contribution in [1.82, 2.24) is 4.98 Å². The molecule has 22 heavy (non-hydrogen) atoms. The number of hydrogen-bond acceptors (Lipinski definition) is 2. The molecule has 2 nitrogen and oxygen atoms in total. The van der Waals surface area contributed by atoms with E-state index in [0.717, 1.165) is 29.7 Å². The largest absolute Gasteiger partial charge is 0.353 e. The summed E-state index contributed by atoms with van der Waals surface area (Å²) in [5.41, 5.74) is 7.10. The van der Waals surface area contributed by atoms with E-state index < -0.39 is 0 Å². The van der Waals surface area contributed by atoms with Crippen LogP contribution in [0.15, 0.2) is 48.5 Å². The standard InChI is InChI=1S/C20H22N2/c1-4-15-8-6-9-16(5-2)19(15)22-18-11-7-10-17-13-12-14(3)21-20(17)18/h6-13,22H,4-5H2,1-3H3. The highest BCUT2D eigenvalue weighted by Crippen LogP contribution is 2.30. The van der Waals surface area contributed by atoms with Crippen LogP contribution in [0, 0.1) is 6.92 Å². The number of nitrogens with zero attached hydrogens (tertiary/aromatic N) is 1. The van der Waals surface area contributed by atoms with Crippen LogP contribution in [0.25, 0.3) is 10.9 Å². The molecule has 1 aromatic heterocycles. The van der Waals surface area contributed by atoms with Gasteiger partial charge in [0.1, 0.15) is 0 Å². The summed E-state index contributed by atoms with van der Waals surface area (Å²) in [6.45, 7) is 6.44. The molecule has 0 aliphatic rings. The van der Waals surface area contributed by atoms with E-state index in [1.54, 1.807) is 0 Å².